The number of ether oxygens (including phenoxy) is 1. The summed E-state index contributed by atoms with van der Waals surface area (Å²) in [6.45, 7) is 2.71. The van der Waals surface area contributed by atoms with E-state index in [0.29, 0.717) is 25.5 Å². The molecule has 0 amide bonds. The fourth-order valence-corrected chi connectivity index (χ4v) is 3.52. The predicted octanol–water partition coefficient (Wildman–Crippen LogP) is 0.741. The number of anilines is 2. The second-order valence-corrected chi connectivity index (χ2v) is 8.60. The molecule has 3 rings (SSSR count). The molecule has 138 valence electrons. The van der Waals surface area contributed by atoms with Crippen LogP contribution in [-0.2, 0) is 4.74 Å². The summed E-state index contributed by atoms with van der Waals surface area (Å²) in [5.41, 5.74) is 0. The van der Waals surface area contributed by atoms with Crippen molar-refractivity contribution in [2.45, 2.75) is 22.6 Å². The van der Waals surface area contributed by atoms with Crippen molar-refractivity contribution in [3.63, 3.8) is 0 Å². The molecule has 0 radical (unpaired) electrons. The van der Waals surface area contributed by atoms with Crippen LogP contribution in [0.1, 0.15) is 12.8 Å². The normalized spacial score (nSPS) is 25.5. The molecule has 1 fully saturated rings. The van der Waals surface area contributed by atoms with Gasteiger partial charge in [-0.3, -0.25) is 0 Å². The van der Waals surface area contributed by atoms with Crippen molar-refractivity contribution >= 4 is 46.5 Å². The molecule has 1 aromatic heterocycles. The summed E-state index contributed by atoms with van der Waals surface area (Å²) >= 11 is 2.29. The fourth-order valence-electron chi connectivity index (χ4n) is 3.01. The molecule has 1 aliphatic heterocycles. The van der Waals surface area contributed by atoms with Gasteiger partial charge in [-0.2, -0.15) is 4.98 Å². The molecule has 6 nitrogen and oxygen atoms in total. The van der Waals surface area contributed by atoms with Gasteiger partial charge in [0.15, 0.2) is 0 Å². The van der Waals surface area contributed by atoms with Crippen LogP contribution in [0.5, 0.6) is 0 Å². The molecule has 25 heavy (non-hydrogen) atoms. The number of methoxy groups -OCH3 is 1. The molecule has 2 atom stereocenters. The van der Waals surface area contributed by atoms with E-state index in [-0.39, 0.29) is 0 Å². The van der Waals surface area contributed by atoms with Gasteiger partial charge in [0.1, 0.15) is 15.6 Å². The van der Waals surface area contributed by atoms with Crippen LogP contribution in [0.15, 0.2) is 0 Å². The Balaban J connectivity index is 1.99. The number of hydrogen-bond donors (Lipinski definition) is 1. The number of alkyl halides is 2. The highest BCUT2D eigenvalue weighted by Gasteiger charge is 2.27. The number of nitrogens with one attached hydrogen (secondary N) is 1. The Morgan fingerprint density at radius 2 is 2.28 bits per heavy atom. The summed E-state index contributed by atoms with van der Waals surface area (Å²) in [6.07, 6.45) is 4.65. The summed E-state index contributed by atoms with van der Waals surface area (Å²) < 4.78 is 18.8. The molecule has 0 saturated carbocycles. The zero-order valence-corrected chi connectivity index (χ0v) is 17.1. The van der Waals surface area contributed by atoms with Gasteiger partial charge in [0.05, 0.1) is 11.9 Å². The Hall–Kier alpha value is -1.00. The van der Waals surface area contributed by atoms with Gasteiger partial charge in [-0.1, -0.05) is 6.08 Å². The van der Waals surface area contributed by atoms with Crippen molar-refractivity contribution in [2.75, 3.05) is 57.6 Å². The molecule has 1 unspecified atom stereocenters. The van der Waals surface area contributed by atoms with Crippen LogP contribution in [0.2, 0.25) is 0 Å². The standard InChI is InChI=1S/C17H25FIN5O/c1-23(2)9-7-20-15-13-4-6-17(19,25-3)10-14(13)21-16(22-15)24-8-5-12(18)11-24/h4,10,12H,5-9,11H2,1-3H3,(H,20,21,22)/t12?,17-/m0/s1. The summed E-state index contributed by atoms with van der Waals surface area (Å²) in [5.74, 6) is 1.41. The lowest BCUT2D eigenvalue weighted by atomic mass is 10.1. The number of rotatable bonds is 6. The van der Waals surface area contributed by atoms with E-state index < -0.39 is 9.78 Å². The number of aromatic nitrogens is 2. The molecule has 0 bridgehead atoms. The van der Waals surface area contributed by atoms with E-state index in [4.69, 9.17) is 14.7 Å². The molecular formula is C17H25FIN5O. The fraction of sp³-hybridized carbons (Fsp3) is 0.647. The first-order valence-corrected chi connectivity index (χ1v) is 9.61. The SMILES string of the molecule is CO[C@]1(I)C=c2nc(N3CCC(F)C3)nc(NCCN(C)C)c2=CC1. The lowest BCUT2D eigenvalue weighted by Gasteiger charge is -2.24. The molecule has 1 N–H and O–H groups in total. The number of nitrogens with zero attached hydrogens (tertiary/aromatic N) is 4. The molecule has 1 saturated heterocycles. The van der Waals surface area contributed by atoms with Crippen molar-refractivity contribution in [2.24, 2.45) is 0 Å². The summed E-state index contributed by atoms with van der Waals surface area (Å²) in [7, 11) is 5.78. The lowest BCUT2D eigenvalue weighted by Crippen LogP contribution is -2.42. The largest absolute Gasteiger partial charge is 0.368 e. The minimum atomic E-state index is -0.803. The van der Waals surface area contributed by atoms with Gasteiger partial charge in [-0.05, 0) is 49.2 Å². The van der Waals surface area contributed by atoms with Gasteiger partial charge in [-0.25, -0.2) is 9.37 Å². The van der Waals surface area contributed by atoms with Gasteiger partial charge in [0.2, 0.25) is 5.95 Å². The Morgan fingerprint density at radius 1 is 1.48 bits per heavy atom. The highest BCUT2D eigenvalue weighted by Crippen LogP contribution is 2.28. The van der Waals surface area contributed by atoms with E-state index in [1.54, 1.807) is 7.11 Å². The van der Waals surface area contributed by atoms with Crippen LogP contribution in [0.4, 0.5) is 16.2 Å². The summed E-state index contributed by atoms with van der Waals surface area (Å²) in [6, 6.07) is 0. The Kier molecular flexibility index (Phi) is 5.79. The Labute approximate surface area is 161 Å². The third kappa shape index (κ3) is 4.40. The predicted molar refractivity (Wildman–Crippen MR) is 107 cm³/mol. The first-order chi connectivity index (χ1) is 11.9. The average molecular weight is 461 g/mol. The second-order valence-electron chi connectivity index (χ2n) is 6.78. The molecule has 0 spiro atoms. The average Bonchev–Trinajstić information content (AvgIpc) is 3.00. The van der Waals surface area contributed by atoms with E-state index in [1.807, 2.05) is 25.1 Å². The first-order valence-electron chi connectivity index (χ1n) is 8.53. The maximum Gasteiger partial charge on any atom is 0.227 e. The highest BCUT2D eigenvalue weighted by molar-refractivity contribution is 14.1. The van der Waals surface area contributed by atoms with Gasteiger partial charge < -0.3 is 19.9 Å². The van der Waals surface area contributed by atoms with Crippen molar-refractivity contribution in [1.29, 1.82) is 0 Å². The number of likely N-dealkylation sites (N-methyl/N-ethyl adjacent to an activating group) is 1. The molecule has 1 aromatic rings. The zero-order valence-electron chi connectivity index (χ0n) is 14.9. The van der Waals surface area contributed by atoms with E-state index in [9.17, 15) is 4.39 Å². The number of hydrogen-bond acceptors (Lipinski definition) is 6. The molecule has 8 heteroatoms. The number of halogens is 2. The van der Waals surface area contributed by atoms with E-state index in [2.05, 4.69) is 38.9 Å². The maximum absolute atomic E-state index is 13.6. The van der Waals surface area contributed by atoms with E-state index in [1.165, 1.54) is 0 Å². The monoisotopic (exact) mass is 461 g/mol. The third-order valence-electron chi connectivity index (χ3n) is 4.50. The molecule has 2 heterocycles. The van der Waals surface area contributed by atoms with Crippen LogP contribution < -0.4 is 20.8 Å². The quantitative estimate of drug-likeness (QED) is 0.499. The lowest BCUT2D eigenvalue weighted by molar-refractivity contribution is 0.143. The van der Waals surface area contributed by atoms with Gasteiger partial charge in [0, 0.05) is 38.4 Å². The molecule has 0 aromatic carbocycles. The first kappa shape index (κ1) is 18.8. The molecule has 1 aliphatic carbocycles. The third-order valence-corrected chi connectivity index (χ3v) is 5.70. The van der Waals surface area contributed by atoms with Crippen LogP contribution in [0, 0.1) is 0 Å². The minimum absolute atomic E-state index is 0.360. The minimum Gasteiger partial charge on any atom is -0.368 e. The van der Waals surface area contributed by atoms with Gasteiger partial charge in [0.25, 0.3) is 0 Å². The maximum atomic E-state index is 13.6. The summed E-state index contributed by atoms with van der Waals surface area (Å²) in [5, 5.41) is 5.27. The van der Waals surface area contributed by atoms with Crippen LogP contribution in [0.25, 0.3) is 12.2 Å². The highest BCUT2D eigenvalue weighted by atomic mass is 127. The van der Waals surface area contributed by atoms with Crippen molar-refractivity contribution in [3.05, 3.63) is 10.6 Å². The van der Waals surface area contributed by atoms with Gasteiger partial charge >= 0.3 is 0 Å². The molecule has 2 aliphatic rings. The smallest absolute Gasteiger partial charge is 0.227 e. The topological polar surface area (TPSA) is 53.5 Å². The zero-order chi connectivity index (χ0) is 18.0. The van der Waals surface area contributed by atoms with Crippen LogP contribution in [-0.4, -0.2) is 72.0 Å². The molecular weight excluding hydrogens is 436 g/mol. The Bertz CT molecular complexity index is 743. The van der Waals surface area contributed by atoms with Crippen molar-refractivity contribution < 1.29 is 9.13 Å². The van der Waals surface area contributed by atoms with E-state index in [0.717, 1.165) is 35.9 Å². The van der Waals surface area contributed by atoms with Crippen LogP contribution in [0.3, 0.4) is 0 Å². The van der Waals surface area contributed by atoms with Crippen molar-refractivity contribution in [1.82, 2.24) is 14.9 Å². The second kappa shape index (κ2) is 7.71. The summed E-state index contributed by atoms with van der Waals surface area (Å²) in [4.78, 5) is 13.4. The van der Waals surface area contributed by atoms with E-state index >= 15 is 0 Å². The Morgan fingerprint density at radius 3 is 2.92 bits per heavy atom. The van der Waals surface area contributed by atoms with Gasteiger partial charge in [-0.15, -0.1) is 0 Å². The van der Waals surface area contributed by atoms with Crippen molar-refractivity contribution in [3.8, 4) is 0 Å². The van der Waals surface area contributed by atoms with Crippen LogP contribution >= 0.6 is 22.6 Å². The number of fused-ring (bicyclic) bond motifs is 1.